The molecular weight excluding hydrogens is 400 g/mol. The van der Waals surface area contributed by atoms with Crippen molar-refractivity contribution in [2.24, 2.45) is 0 Å². The summed E-state index contributed by atoms with van der Waals surface area (Å²) in [5.41, 5.74) is 3.08. The minimum absolute atomic E-state index is 0.274. The third kappa shape index (κ3) is 4.38. The van der Waals surface area contributed by atoms with Gasteiger partial charge in [0.05, 0.1) is 23.0 Å². The van der Waals surface area contributed by atoms with Crippen LogP contribution >= 0.6 is 0 Å². The molecule has 0 saturated carbocycles. The van der Waals surface area contributed by atoms with Gasteiger partial charge in [0.2, 0.25) is 10.0 Å². The van der Waals surface area contributed by atoms with Gasteiger partial charge in [0.15, 0.2) is 0 Å². The number of nitrogens with one attached hydrogen (secondary N) is 2. The Kier molecular flexibility index (Phi) is 5.34. The smallest absolute Gasteiger partial charge is 0.259 e. The minimum Gasteiger partial charge on any atom is -0.356 e. The molecule has 30 heavy (non-hydrogen) atoms. The highest BCUT2D eigenvalue weighted by Crippen LogP contribution is 2.28. The summed E-state index contributed by atoms with van der Waals surface area (Å²) in [5, 5.41) is 3.80. The van der Waals surface area contributed by atoms with Gasteiger partial charge in [0.1, 0.15) is 5.82 Å². The Balaban J connectivity index is 1.69. The van der Waals surface area contributed by atoms with E-state index in [0.717, 1.165) is 48.7 Å². The molecule has 1 aliphatic rings. The second kappa shape index (κ2) is 7.95. The SMILES string of the molecule is Cc1ccc(NC(=O)c2cc3ccccc3nc2N2CCCC2)cc1NS(C)(=O)=O. The van der Waals surface area contributed by atoms with Gasteiger partial charge in [0, 0.05) is 24.2 Å². The third-order valence-electron chi connectivity index (χ3n) is 5.14. The summed E-state index contributed by atoms with van der Waals surface area (Å²) in [6.07, 6.45) is 3.25. The lowest BCUT2D eigenvalue weighted by atomic mass is 10.1. The molecule has 0 bridgehead atoms. The van der Waals surface area contributed by atoms with Gasteiger partial charge in [-0.1, -0.05) is 24.3 Å². The van der Waals surface area contributed by atoms with Crippen LogP contribution in [0.15, 0.2) is 48.5 Å². The number of pyridine rings is 1. The van der Waals surface area contributed by atoms with Crippen LogP contribution in [-0.2, 0) is 10.0 Å². The average molecular weight is 425 g/mol. The summed E-state index contributed by atoms with van der Waals surface area (Å²) in [6, 6.07) is 14.8. The van der Waals surface area contributed by atoms with Gasteiger partial charge in [0.25, 0.3) is 5.91 Å². The van der Waals surface area contributed by atoms with Crippen molar-refractivity contribution in [2.75, 3.05) is 34.3 Å². The summed E-state index contributed by atoms with van der Waals surface area (Å²) in [6.45, 7) is 3.55. The molecule has 156 valence electrons. The molecule has 0 unspecified atom stereocenters. The molecule has 8 heteroatoms. The van der Waals surface area contributed by atoms with E-state index < -0.39 is 10.0 Å². The number of aryl methyl sites for hydroxylation is 1. The lowest BCUT2D eigenvalue weighted by Gasteiger charge is -2.20. The molecule has 0 radical (unpaired) electrons. The summed E-state index contributed by atoms with van der Waals surface area (Å²) in [5.74, 6) is 0.412. The van der Waals surface area contributed by atoms with Gasteiger partial charge in [-0.3, -0.25) is 9.52 Å². The summed E-state index contributed by atoms with van der Waals surface area (Å²) in [4.78, 5) is 20.1. The van der Waals surface area contributed by atoms with E-state index in [1.54, 1.807) is 25.1 Å². The topological polar surface area (TPSA) is 91.4 Å². The number of hydrogen-bond donors (Lipinski definition) is 2. The van der Waals surface area contributed by atoms with Crippen LogP contribution in [0.1, 0.15) is 28.8 Å². The van der Waals surface area contributed by atoms with Crippen molar-refractivity contribution in [2.45, 2.75) is 19.8 Å². The largest absolute Gasteiger partial charge is 0.356 e. The van der Waals surface area contributed by atoms with Gasteiger partial charge < -0.3 is 10.2 Å². The highest BCUT2D eigenvalue weighted by atomic mass is 32.2. The predicted molar refractivity (Wildman–Crippen MR) is 121 cm³/mol. The number of rotatable bonds is 5. The van der Waals surface area contributed by atoms with E-state index >= 15 is 0 Å². The predicted octanol–water partition coefficient (Wildman–Crippen LogP) is 3.77. The molecule has 0 spiro atoms. The van der Waals surface area contributed by atoms with Gasteiger partial charge in [-0.15, -0.1) is 0 Å². The van der Waals surface area contributed by atoms with E-state index in [9.17, 15) is 13.2 Å². The molecule has 7 nitrogen and oxygen atoms in total. The van der Waals surface area contributed by atoms with Crippen molar-refractivity contribution in [1.82, 2.24) is 4.98 Å². The Morgan fingerprint density at radius 2 is 1.80 bits per heavy atom. The number of carbonyl (C=O) groups is 1. The van der Waals surface area contributed by atoms with Crippen LogP contribution in [0.2, 0.25) is 0 Å². The highest BCUT2D eigenvalue weighted by molar-refractivity contribution is 7.92. The zero-order chi connectivity index (χ0) is 21.3. The van der Waals surface area contributed by atoms with E-state index in [4.69, 9.17) is 4.98 Å². The number of anilines is 3. The number of carbonyl (C=O) groups excluding carboxylic acids is 1. The lowest BCUT2D eigenvalue weighted by Crippen LogP contribution is -2.24. The van der Waals surface area contributed by atoms with Gasteiger partial charge in [-0.25, -0.2) is 13.4 Å². The first kappa shape index (κ1) is 20.2. The van der Waals surface area contributed by atoms with E-state index in [1.165, 1.54) is 0 Å². The Labute approximate surface area is 176 Å². The number of para-hydroxylation sites is 1. The van der Waals surface area contributed by atoms with Crippen molar-refractivity contribution in [3.63, 3.8) is 0 Å². The zero-order valence-corrected chi connectivity index (χ0v) is 17.8. The maximum Gasteiger partial charge on any atom is 0.259 e. The first-order valence-corrected chi connectivity index (χ1v) is 11.7. The lowest BCUT2D eigenvalue weighted by molar-refractivity contribution is 0.102. The van der Waals surface area contributed by atoms with Crippen LogP contribution in [0, 0.1) is 6.92 Å². The maximum atomic E-state index is 13.2. The summed E-state index contributed by atoms with van der Waals surface area (Å²) >= 11 is 0. The van der Waals surface area contributed by atoms with Crippen molar-refractivity contribution < 1.29 is 13.2 Å². The van der Waals surface area contributed by atoms with E-state index in [1.807, 2.05) is 30.3 Å². The molecule has 1 fully saturated rings. The Bertz CT molecular complexity index is 1220. The van der Waals surface area contributed by atoms with E-state index in [-0.39, 0.29) is 5.91 Å². The zero-order valence-electron chi connectivity index (χ0n) is 17.0. The molecule has 2 heterocycles. The fourth-order valence-corrected chi connectivity index (χ4v) is 4.27. The number of hydrogen-bond acceptors (Lipinski definition) is 5. The average Bonchev–Trinajstić information content (AvgIpc) is 3.23. The highest BCUT2D eigenvalue weighted by Gasteiger charge is 2.22. The molecule has 0 aliphatic carbocycles. The first-order chi connectivity index (χ1) is 14.3. The standard InChI is InChI=1S/C22H24N4O3S/c1-15-9-10-17(14-20(15)25-30(2,28)29)23-22(27)18-13-16-7-3-4-8-19(16)24-21(18)26-11-5-6-12-26/h3-4,7-10,13-14,25H,5-6,11-12H2,1-2H3,(H,23,27). The number of aromatic nitrogens is 1. The number of nitrogens with zero attached hydrogens (tertiary/aromatic N) is 2. The van der Waals surface area contributed by atoms with Crippen LogP contribution in [0.5, 0.6) is 0 Å². The van der Waals surface area contributed by atoms with Crippen LogP contribution in [0.4, 0.5) is 17.2 Å². The van der Waals surface area contributed by atoms with Gasteiger partial charge in [-0.2, -0.15) is 0 Å². The van der Waals surface area contributed by atoms with Crippen LogP contribution in [0.3, 0.4) is 0 Å². The first-order valence-electron chi connectivity index (χ1n) is 9.85. The Hall–Kier alpha value is -3.13. The van der Waals surface area contributed by atoms with Crippen LogP contribution in [0.25, 0.3) is 10.9 Å². The minimum atomic E-state index is -3.42. The quantitative estimate of drug-likeness (QED) is 0.651. The number of sulfonamides is 1. The van der Waals surface area contributed by atoms with Gasteiger partial charge in [-0.05, 0) is 49.6 Å². The normalized spacial score (nSPS) is 14.1. The molecule has 2 aromatic carbocycles. The fraction of sp³-hybridized carbons (Fsp3) is 0.273. The van der Waals surface area contributed by atoms with Crippen LogP contribution in [-0.4, -0.2) is 38.7 Å². The van der Waals surface area contributed by atoms with Crippen molar-refractivity contribution in [1.29, 1.82) is 0 Å². The van der Waals surface area contributed by atoms with Gasteiger partial charge >= 0.3 is 0 Å². The molecule has 4 rings (SSSR count). The maximum absolute atomic E-state index is 13.2. The monoisotopic (exact) mass is 424 g/mol. The molecule has 0 atom stereocenters. The van der Waals surface area contributed by atoms with E-state index in [2.05, 4.69) is 14.9 Å². The second-order valence-corrected chi connectivity index (χ2v) is 9.35. The summed E-state index contributed by atoms with van der Waals surface area (Å²) < 4.78 is 25.7. The molecule has 1 aromatic heterocycles. The van der Waals surface area contributed by atoms with Crippen molar-refractivity contribution >= 4 is 44.0 Å². The number of benzene rings is 2. The Morgan fingerprint density at radius 1 is 1.07 bits per heavy atom. The fourth-order valence-electron chi connectivity index (χ4n) is 3.65. The molecule has 2 N–H and O–H groups in total. The molecule has 1 saturated heterocycles. The summed E-state index contributed by atoms with van der Waals surface area (Å²) in [7, 11) is -3.42. The molecule has 1 amide bonds. The van der Waals surface area contributed by atoms with Crippen LogP contribution < -0.4 is 14.9 Å². The van der Waals surface area contributed by atoms with Crippen molar-refractivity contribution in [3.05, 3.63) is 59.7 Å². The van der Waals surface area contributed by atoms with E-state index in [0.29, 0.717) is 22.8 Å². The van der Waals surface area contributed by atoms with Crippen molar-refractivity contribution in [3.8, 4) is 0 Å². The molecule has 3 aromatic rings. The number of fused-ring (bicyclic) bond motifs is 1. The third-order valence-corrected chi connectivity index (χ3v) is 5.74. The number of amides is 1. The molecular formula is C22H24N4O3S. The molecule has 1 aliphatic heterocycles. The Morgan fingerprint density at radius 3 is 2.53 bits per heavy atom. The second-order valence-electron chi connectivity index (χ2n) is 7.60.